The van der Waals surface area contributed by atoms with Crippen molar-refractivity contribution in [1.29, 1.82) is 0 Å². The monoisotopic (exact) mass is 295 g/mol. The zero-order valence-corrected chi connectivity index (χ0v) is 12.0. The Morgan fingerprint density at radius 3 is 2.38 bits per heavy atom. The maximum Gasteiger partial charge on any atom is 0.416 e. The molecule has 1 aromatic heterocycles. The molecule has 0 saturated heterocycles. The maximum atomic E-state index is 12.8. The van der Waals surface area contributed by atoms with Gasteiger partial charge >= 0.3 is 6.18 Å². The Morgan fingerprint density at radius 1 is 1.14 bits per heavy atom. The van der Waals surface area contributed by atoms with Crippen LogP contribution in [0.15, 0.2) is 24.3 Å². The molecule has 0 saturated carbocycles. The van der Waals surface area contributed by atoms with Crippen molar-refractivity contribution in [2.75, 3.05) is 5.73 Å². The van der Waals surface area contributed by atoms with E-state index in [-0.39, 0.29) is 5.92 Å². The van der Waals surface area contributed by atoms with Gasteiger partial charge in [-0.05, 0) is 19.1 Å². The van der Waals surface area contributed by atoms with Gasteiger partial charge in [0.2, 0.25) is 0 Å². The van der Waals surface area contributed by atoms with Crippen molar-refractivity contribution in [2.24, 2.45) is 0 Å². The van der Waals surface area contributed by atoms with Gasteiger partial charge in [-0.3, -0.25) is 0 Å². The average molecular weight is 295 g/mol. The van der Waals surface area contributed by atoms with Crippen LogP contribution in [0.5, 0.6) is 0 Å². The van der Waals surface area contributed by atoms with Gasteiger partial charge in [-0.15, -0.1) is 0 Å². The molecule has 1 aromatic carbocycles. The first-order chi connectivity index (χ1) is 9.70. The van der Waals surface area contributed by atoms with Crippen LogP contribution in [-0.2, 0) is 6.18 Å². The number of anilines is 1. The molecule has 21 heavy (non-hydrogen) atoms. The summed E-state index contributed by atoms with van der Waals surface area (Å²) in [5.41, 5.74) is 6.55. The molecule has 0 radical (unpaired) electrons. The van der Waals surface area contributed by atoms with E-state index in [0.717, 1.165) is 12.1 Å². The third-order valence-electron chi connectivity index (χ3n) is 3.18. The van der Waals surface area contributed by atoms with Gasteiger partial charge in [0.25, 0.3) is 0 Å². The molecule has 0 amide bonds. The summed E-state index contributed by atoms with van der Waals surface area (Å²) in [6, 6.07) is 5.07. The van der Waals surface area contributed by atoms with Crippen molar-refractivity contribution in [3.8, 4) is 11.3 Å². The van der Waals surface area contributed by atoms with E-state index < -0.39 is 11.7 Å². The minimum absolute atomic E-state index is 0.0393. The lowest BCUT2D eigenvalue weighted by molar-refractivity contribution is -0.137. The molecule has 2 rings (SSSR count). The molecule has 0 aliphatic rings. The second kappa shape index (κ2) is 5.35. The minimum atomic E-state index is -4.39. The predicted octanol–water partition coefficient (Wildman–Crippen LogP) is 4.18. The van der Waals surface area contributed by atoms with Crippen LogP contribution >= 0.6 is 0 Å². The number of hydrogen-bond acceptors (Lipinski definition) is 3. The highest BCUT2D eigenvalue weighted by Crippen LogP contribution is 2.33. The number of alkyl halides is 3. The van der Waals surface area contributed by atoms with Crippen LogP contribution in [0.2, 0.25) is 0 Å². The van der Waals surface area contributed by atoms with Crippen LogP contribution in [0.3, 0.4) is 0 Å². The van der Waals surface area contributed by atoms with Crippen LogP contribution in [0.25, 0.3) is 11.3 Å². The SMILES string of the molecule is Cc1c(N)nc(C(C)C)nc1-c1cccc(C(F)(F)F)c1. The fraction of sp³-hybridized carbons (Fsp3) is 0.333. The van der Waals surface area contributed by atoms with Crippen LogP contribution in [-0.4, -0.2) is 9.97 Å². The first-order valence-electron chi connectivity index (χ1n) is 6.51. The van der Waals surface area contributed by atoms with E-state index in [0.29, 0.717) is 28.5 Å². The number of nitrogens with two attached hydrogens (primary N) is 1. The smallest absolute Gasteiger partial charge is 0.383 e. The maximum absolute atomic E-state index is 12.8. The molecule has 2 aromatic rings. The summed E-state index contributed by atoms with van der Waals surface area (Å²) in [5, 5.41) is 0. The highest BCUT2D eigenvalue weighted by molar-refractivity contribution is 5.68. The minimum Gasteiger partial charge on any atom is -0.383 e. The van der Waals surface area contributed by atoms with Crippen molar-refractivity contribution < 1.29 is 13.2 Å². The van der Waals surface area contributed by atoms with Crippen LogP contribution in [0, 0.1) is 6.92 Å². The largest absolute Gasteiger partial charge is 0.416 e. The van der Waals surface area contributed by atoms with Gasteiger partial charge in [0, 0.05) is 17.0 Å². The summed E-state index contributed by atoms with van der Waals surface area (Å²) in [7, 11) is 0. The lowest BCUT2D eigenvalue weighted by atomic mass is 10.0. The first-order valence-corrected chi connectivity index (χ1v) is 6.51. The highest BCUT2D eigenvalue weighted by atomic mass is 19.4. The Hall–Kier alpha value is -2.11. The molecule has 0 aliphatic heterocycles. The van der Waals surface area contributed by atoms with Gasteiger partial charge in [-0.2, -0.15) is 13.2 Å². The standard InChI is InChI=1S/C15H16F3N3/c1-8(2)14-20-12(9(3)13(19)21-14)10-5-4-6-11(7-10)15(16,17)18/h4-8H,1-3H3,(H2,19,20,21). The molecule has 3 nitrogen and oxygen atoms in total. The zero-order chi connectivity index (χ0) is 15.8. The summed E-state index contributed by atoms with van der Waals surface area (Å²) in [4.78, 5) is 8.54. The third kappa shape index (κ3) is 3.15. The van der Waals surface area contributed by atoms with Gasteiger partial charge in [-0.25, -0.2) is 9.97 Å². The number of nitrogens with zero attached hydrogens (tertiary/aromatic N) is 2. The molecular weight excluding hydrogens is 279 g/mol. The summed E-state index contributed by atoms with van der Waals surface area (Å²) >= 11 is 0. The van der Waals surface area contributed by atoms with E-state index in [1.807, 2.05) is 13.8 Å². The van der Waals surface area contributed by atoms with Crippen molar-refractivity contribution >= 4 is 5.82 Å². The first kappa shape index (κ1) is 15.3. The molecule has 0 aliphatic carbocycles. The predicted molar refractivity (Wildman–Crippen MR) is 75.7 cm³/mol. The van der Waals surface area contributed by atoms with Gasteiger partial charge in [0.1, 0.15) is 11.6 Å². The fourth-order valence-corrected chi connectivity index (χ4v) is 1.93. The van der Waals surface area contributed by atoms with Crippen molar-refractivity contribution in [1.82, 2.24) is 9.97 Å². The van der Waals surface area contributed by atoms with Crippen LogP contribution in [0.4, 0.5) is 19.0 Å². The Bertz CT molecular complexity index is 664. The number of nitrogen functional groups attached to an aromatic ring is 1. The molecule has 0 unspecified atom stereocenters. The zero-order valence-electron chi connectivity index (χ0n) is 12.0. The average Bonchev–Trinajstić information content (AvgIpc) is 2.40. The number of rotatable bonds is 2. The second-order valence-electron chi connectivity index (χ2n) is 5.17. The van der Waals surface area contributed by atoms with Crippen LogP contribution in [0.1, 0.15) is 36.7 Å². The second-order valence-corrected chi connectivity index (χ2v) is 5.17. The summed E-state index contributed by atoms with van der Waals surface area (Å²) in [6.45, 7) is 5.51. The van der Waals surface area contributed by atoms with E-state index >= 15 is 0 Å². The molecule has 0 spiro atoms. The topological polar surface area (TPSA) is 51.8 Å². The van der Waals surface area contributed by atoms with E-state index in [4.69, 9.17) is 5.73 Å². The quantitative estimate of drug-likeness (QED) is 0.904. The Kier molecular flexibility index (Phi) is 3.89. The Morgan fingerprint density at radius 2 is 1.81 bits per heavy atom. The lowest BCUT2D eigenvalue weighted by Gasteiger charge is -2.13. The molecule has 0 fully saturated rings. The summed E-state index contributed by atoms with van der Waals surface area (Å²) in [5.74, 6) is 0.851. The summed E-state index contributed by atoms with van der Waals surface area (Å²) in [6.07, 6.45) is -4.39. The van der Waals surface area contributed by atoms with E-state index in [9.17, 15) is 13.2 Å². The number of benzene rings is 1. The number of halogens is 3. The Balaban J connectivity index is 2.61. The van der Waals surface area contributed by atoms with Gasteiger partial charge in [-0.1, -0.05) is 26.0 Å². The molecule has 2 N–H and O–H groups in total. The fourth-order valence-electron chi connectivity index (χ4n) is 1.93. The van der Waals surface area contributed by atoms with Gasteiger partial charge < -0.3 is 5.73 Å². The number of hydrogen-bond donors (Lipinski definition) is 1. The molecule has 6 heteroatoms. The van der Waals surface area contributed by atoms with E-state index in [1.165, 1.54) is 6.07 Å². The van der Waals surface area contributed by atoms with Crippen molar-refractivity contribution in [3.63, 3.8) is 0 Å². The molecule has 112 valence electrons. The third-order valence-corrected chi connectivity index (χ3v) is 3.18. The van der Waals surface area contributed by atoms with Crippen LogP contribution < -0.4 is 5.73 Å². The van der Waals surface area contributed by atoms with E-state index in [1.54, 1.807) is 13.0 Å². The highest BCUT2D eigenvalue weighted by Gasteiger charge is 2.30. The lowest BCUT2D eigenvalue weighted by Crippen LogP contribution is -2.08. The number of aromatic nitrogens is 2. The van der Waals surface area contributed by atoms with Gasteiger partial charge in [0.15, 0.2) is 0 Å². The molecule has 1 heterocycles. The normalized spacial score (nSPS) is 12.0. The molecule has 0 atom stereocenters. The van der Waals surface area contributed by atoms with Crippen molar-refractivity contribution in [2.45, 2.75) is 32.9 Å². The molecular formula is C15H16F3N3. The van der Waals surface area contributed by atoms with E-state index in [2.05, 4.69) is 9.97 Å². The summed E-state index contributed by atoms with van der Waals surface area (Å²) < 4.78 is 38.4. The molecule has 0 bridgehead atoms. The van der Waals surface area contributed by atoms with Gasteiger partial charge in [0.05, 0.1) is 11.3 Å². The van der Waals surface area contributed by atoms with Crippen molar-refractivity contribution in [3.05, 3.63) is 41.2 Å². The Labute approximate surface area is 121 Å².